The SMILES string of the molecule is O=NC(=O)CSc1nnc(Br)n1-c1ccc(C2CC2)c2ccccc12. The largest absolute Gasteiger partial charge is 0.296 e. The van der Waals surface area contributed by atoms with Crippen LogP contribution in [0.5, 0.6) is 0 Å². The molecule has 0 radical (unpaired) electrons. The molecule has 6 nitrogen and oxygen atoms in total. The van der Waals surface area contributed by atoms with Crippen LogP contribution in [0, 0.1) is 4.91 Å². The van der Waals surface area contributed by atoms with Gasteiger partial charge in [-0.25, -0.2) is 0 Å². The van der Waals surface area contributed by atoms with Crippen molar-refractivity contribution in [2.24, 2.45) is 5.18 Å². The van der Waals surface area contributed by atoms with Crippen LogP contribution in [-0.2, 0) is 4.79 Å². The molecule has 0 unspecified atom stereocenters. The van der Waals surface area contributed by atoms with Crippen molar-refractivity contribution in [2.75, 3.05) is 5.75 Å². The standard InChI is InChI=1S/C17H13BrN4O2S/c18-16-19-20-17(25-9-15(23)21-24)22(16)14-8-7-11(10-5-6-10)12-3-1-2-4-13(12)14/h1-4,7-8,10H,5-6,9H2. The van der Waals surface area contributed by atoms with Gasteiger partial charge in [0.05, 0.1) is 11.4 Å². The van der Waals surface area contributed by atoms with Gasteiger partial charge in [0.25, 0.3) is 5.91 Å². The van der Waals surface area contributed by atoms with Crippen LogP contribution in [0.15, 0.2) is 51.5 Å². The molecule has 3 aromatic rings. The molecule has 0 spiro atoms. The number of hydrogen-bond acceptors (Lipinski definition) is 5. The number of rotatable bonds is 5. The maximum atomic E-state index is 11.2. The lowest BCUT2D eigenvalue weighted by Gasteiger charge is -2.13. The fourth-order valence-electron chi connectivity index (χ4n) is 2.95. The fourth-order valence-corrected chi connectivity index (χ4v) is 4.23. The molecule has 1 fully saturated rings. The first-order valence-corrected chi connectivity index (χ1v) is 9.59. The van der Waals surface area contributed by atoms with E-state index >= 15 is 0 Å². The molecule has 0 saturated heterocycles. The predicted molar refractivity (Wildman–Crippen MR) is 100 cm³/mol. The summed E-state index contributed by atoms with van der Waals surface area (Å²) >= 11 is 4.57. The van der Waals surface area contributed by atoms with Gasteiger partial charge in [0.1, 0.15) is 0 Å². The molecule has 1 aliphatic rings. The quantitative estimate of drug-likeness (QED) is 0.453. The van der Waals surface area contributed by atoms with Crippen LogP contribution < -0.4 is 0 Å². The summed E-state index contributed by atoms with van der Waals surface area (Å²) in [7, 11) is 0. The first kappa shape index (κ1) is 16.4. The minimum absolute atomic E-state index is 0.0628. The third-order valence-corrected chi connectivity index (χ3v) is 5.64. The number of aromatic nitrogens is 3. The van der Waals surface area contributed by atoms with E-state index in [-0.39, 0.29) is 5.75 Å². The number of hydrogen-bond donors (Lipinski definition) is 0. The Labute approximate surface area is 156 Å². The molecular weight excluding hydrogens is 404 g/mol. The van der Waals surface area contributed by atoms with Gasteiger partial charge in [-0.2, -0.15) is 0 Å². The zero-order valence-corrected chi connectivity index (χ0v) is 15.5. The summed E-state index contributed by atoms with van der Waals surface area (Å²) in [6, 6.07) is 12.5. The number of thioether (sulfide) groups is 1. The Morgan fingerprint density at radius 3 is 2.68 bits per heavy atom. The molecule has 1 heterocycles. The summed E-state index contributed by atoms with van der Waals surface area (Å²) in [4.78, 5) is 21.5. The molecule has 8 heteroatoms. The fraction of sp³-hybridized carbons (Fsp3) is 0.235. The van der Waals surface area contributed by atoms with Crippen molar-refractivity contribution in [1.82, 2.24) is 14.8 Å². The van der Waals surface area contributed by atoms with E-state index in [4.69, 9.17) is 0 Å². The van der Waals surface area contributed by atoms with E-state index in [2.05, 4.69) is 55.6 Å². The van der Waals surface area contributed by atoms with E-state index in [0.717, 1.165) is 22.8 Å². The zero-order chi connectivity index (χ0) is 17.4. The smallest absolute Gasteiger partial charge is 0.268 e. The third kappa shape index (κ3) is 3.11. The second-order valence-corrected chi connectivity index (χ2v) is 7.51. The van der Waals surface area contributed by atoms with Crippen molar-refractivity contribution in [2.45, 2.75) is 23.9 Å². The molecule has 1 aliphatic carbocycles. The molecule has 4 rings (SSSR count). The van der Waals surface area contributed by atoms with E-state index < -0.39 is 5.91 Å². The Hall–Kier alpha value is -2.06. The highest BCUT2D eigenvalue weighted by Gasteiger charge is 2.26. The number of halogens is 1. The first-order chi connectivity index (χ1) is 12.2. The number of nitrogens with zero attached hydrogens (tertiary/aromatic N) is 4. The van der Waals surface area contributed by atoms with E-state index in [0.29, 0.717) is 15.8 Å². The lowest BCUT2D eigenvalue weighted by molar-refractivity contribution is -0.115. The lowest BCUT2D eigenvalue weighted by Crippen LogP contribution is -2.02. The average molecular weight is 417 g/mol. The van der Waals surface area contributed by atoms with E-state index in [1.165, 1.54) is 23.8 Å². The Balaban J connectivity index is 1.83. The van der Waals surface area contributed by atoms with Crippen LogP contribution >= 0.6 is 27.7 Å². The van der Waals surface area contributed by atoms with Gasteiger partial charge in [-0.3, -0.25) is 9.36 Å². The number of amides is 1. The second-order valence-electron chi connectivity index (χ2n) is 5.85. The predicted octanol–water partition coefficient (Wildman–Crippen LogP) is 4.45. The Morgan fingerprint density at radius 2 is 1.96 bits per heavy atom. The van der Waals surface area contributed by atoms with Gasteiger partial charge in [-0.1, -0.05) is 42.1 Å². The van der Waals surface area contributed by atoms with Crippen LogP contribution in [0.1, 0.15) is 24.3 Å². The van der Waals surface area contributed by atoms with Gasteiger partial charge in [-0.05, 0) is 51.7 Å². The van der Waals surface area contributed by atoms with Crippen molar-refractivity contribution in [3.05, 3.63) is 51.6 Å². The third-order valence-electron chi connectivity index (χ3n) is 4.21. The Bertz CT molecular complexity index is 984. The minimum atomic E-state index is -0.718. The van der Waals surface area contributed by atoms with Gasteiger partial charge in [-0.15, -0.1) is 15.1 Å². The summed E-state index contributed by atoms with van der Waals surface area (Å²) in [5.41, 5.74) is 2.31. The summed E-state index contributed by atoms with van der Waals surface area (Å²) in [6.07, 6.45) is 2.48. The maximum absolute atomic E-state index is 11.2. The van der Waals surface area contributed by atoms with Crippen molar-refractivity contribution >= 4 is 44.4 Å². The molecule has 0 N–H and O–H groups in total. The molecule has 0 atom stereocenters. The van der Waals surface area contributed by atoms with Crippen LogP contribution in [-0.4, -0.2) is 26.4 Å². The second kappa shape index (κ2) is 6.68. The van der Waals surface area contributed by atoms with Gasteiger partial charge < -0.3 is 0 Å². The molecule has 25 heavy (non-hydrogen) atoms. The molecule has 0 aliphatic heterocycles. The minimum Gasteiger partial charge on any atom is -0.268 e. The first-order valence-electron chi connectivity index (χ1n) is 7.81. The number of fused-ring (bicyclic) bond motifs is 1. The van der Waals surface area contributed by atoms with Crippen molar-refractivity contribution in [3.8, 4) is 5.69 Å². The lowest BCUT2D eigenvalue weighted by atomic mass is 9.99. The van der Waals surface area contributed by atoms with Crippen LogP contribution in [0.4, 0.5) is 0 Å². The maximum Gasteiger partial charge on any atom is 0.296 e. The number of benzene rings is 2. The van der Waals surface area contributed by atoms with Crippen LogP contribution in [0.25, 0.3) is 16.5 Å². The summed E-state index contributed by atoms with van der Waals surface area (Å²) < 4.78 is 2.40. The highest BCUT2D eigenvalue weighted by atomic mass is 79.9. The molecule has 1 aromatic heterocycles. The summed E-state index contributed by atoms with van der Waals surface area (Å²) in [6.45, 7) is 0. The van der Waals surface area contributed by atoms with Gasteiger partial charge >= 0.3 is 0 Å². The monoisotopic (exact) mass is 416 g/mol. The van der Waals surface area contributed by atoms with E-state index in [1.807, 2.05) is 16.7 Å². The molecule has 2 aromatic carbocycles. The number of nitroso groups, excluding NO2 is 1. The van der Waals surface area contributed by atoms with Gasteiger partial charge in [0, 0.05) is 10.6 Å². The highest BCUT2D eigenvalue weighted by Crippen LogP contribution is 2.44. The Kier molecular flexibility index (Phi) is 4.39. The van der Waals surface area contributed by atoms with Crippen LogP contribution in [0.3, 0.4) is 0 Å². The van der Waals surface area contributed by atoms with Crippen LogP contribution in [0.2, 0.25) is 0 Å². The van der Waals surface area contributed by atoms with Gasteiger partial charge in [0.2, 0.25) is 4.73 Å². The average Bonchev–Trinajstić information content (AvgIpc) is 3.42. The molecule has 1 saturated carbocycles. The number of carbonyl (C=O) groups excluding carboxylic acids is 1. The highest BCUT2D eigenvalue weighted by molar-refractivity contribution is 9.10. The van der Waals surface area contributed by atoms with E-state index in [9.17, 15) is 9.70 Å². The van der Waals surface area contributed by atoms with Gasteiger partial charge in [0.15, 0.2) is 5.16 Å². The topological polar surface area (TPSA) is 77.2 Å². The van der Waals surface area contributed by atoms with Crippen molar-refractivity contribution < 1.29 is 4.79 Å². The normalized spacial score (nSPS) is 14.0. The number of carbonyl (C=O) groups is 1. The molecule has 1 amide bonds. The molecular formula is C17H13BrN4O2S. The zero-order valence-electron chi connectivity index (χ0n) is 13.1. The Morgan fingerprint density at radius 1 is 1.20 bits per heavy atom. The summed E-state index contributed by atoms with van der Waals surface area (Å²) in [5, 5.41) is 13.5. The molecule has 126 valence electrons. The van der Waals surface area contributed by atoms with Crippen molar-refractivity contribution in [3.63, 3.8) is 0 Å². The summed E-state index contributed by atoms with van der Waals surface area (Å²) in [5.74, 6) is -0.134. The molecule has 0 bridgehead atoms. The van der Waals surface area contributed by atoms with Crippen molar-refractivity contribution in [1.29, 1.82) is 0 Å². The van der Waals surface area contributed by atoms with E-state index in [1.54, 1.807) is 0 Å².